The number of amides is 2. The molecule has 6 rings (SSSR count). The Kier molecular flexibility index (Phi) is 5.63. The van der Waals surface area contributed by atoms with Crippen LogP contribution in [-0.2, 0) is 41.2 Å². The number of hydrogen-bond donors (Lipinski definition) is 1. The first-order valence-electron chi connectivity index (χ1n) is 12.2. The first kappa shape index (κ1) is 22.3. The van der Waals surface area contributed by atoms with Gasteiger partial charge in [0.2, 0.25) is 11.8 Å². The van der Waals surface area contributed by atoms with Gasteiger partial charge < -0.3 is 4.57 Å². The molecule has 0 spiro atoms. The number of piperidine rings is 1. The second kappa shape index (κ2) is 8.82. The molecular formula is C26H28FN5O3. The molecule has 8 nitrogen and oxygen atoms in total. The Morgan fingerprint density at radius 3 is 2.83 bits per heavy atom. The average Bonchev–Trinajstić information content (AvgIpc) is 3.49. The van der Waals surface area contributed by atoms with Crippen LogP contribution in [0.5, 0.6) is 0 Å². The molecule has 3 aliphatic heterocycles. The quantitative estimate of drug-likeness (QED) is 0.582. The van der Waals surface area contributed by atoms with Crippen LogP contribution in [0.25, 0.3) is 22.3 Å². The monoisotopic (exact) mass is 477 g/mol. The highest BCUT2D eigenvalue weighted by Gasteiger charge is 2.35. The normalized spacial score (nSPS) is 21.5. The topological polar surface area (TPSA) is 79.7 Å². The Hall–Kier alpha value is -3.14. The van der Waals surface area contributed by atoms with Crippen molar-refractivity contribution in [3.05, 3.63) is 53.0 Å². The van der Waals surface area contributed by atoms with E-state index in [2.05, 4.69) is 16.3 Å². The molecule has 0 saturated carbocycles. The van der Waals surface area contributed by atoms with Gasteiger partial charge in [0.05, 0.1) is 18.8 Å². The molecule has 182 valence electrons. The van der Waals surface area contributed by atoms with Crippen molar-refractivity contribution in [1.29, 1.82) is 0 Å². The number of benzene rings is 1. The maximum absolute atomic E-state index is 16.0. The van der Waals surface area contributed by atoms with E-state index in [0.717, 1.165) is 41.8 Å². The second-order valence-electron chi connectivity index (χ2n) is 9.69. The van der Waals surface area contributed by atoms with Gasteiger partial charge in [-0.15, -0.1) is 0 Å². The number of hydrogen-bond acceptors (Lipinski definition) is 6. The smallest absolute Gasteiger partial charge is 0.246 e. The van der Waals surface area contributed by atoms with E-state index in [4.69, 9.17) is 9.82 Å². The highest BCUT2D eigenvalue weighted by atomic mass is 19.1. The van der Waals surface area contributed by atoms with E-state index in [-0.39, 0.29) is 31.3 Å². The van der Waals surface area contributed by atoms with E-state index < -0.39 is 11.9 Å². The van der Waals surface area contributed by atoms with Crippen LogP contribution in [0.15, 0.2) is 30.5 Å². The molecule has 2 amide bonds. The molecule has 2 fully saturated rings. The number of aromatic nitrogens is 2. The molecule has 1 unspecified atom stereocenters. The molecular weight excluding hydrogens is 449 g/mol. The molecule has 2 aromatic heterocycles. The predicted octanol–water partition coefficient (Wildman–Crippen LogP) is 3.03. The third-order valence-corrected chi connectivity index (χ3v) is 7.39. The van der Waals surface area contributed by atoms with Crippen molar-refractivity contribution < 1.29 is 18.8 Å². The largest absolute Gasteiger partial charge is 0.336 e. The summed E-state index contributed by atoms with van der Waals surface area (Å²) >= 11 is 0. The van der Waals surface area contributed by atoms with Gasteiger partial charge in [0, 0.05) is 42.7 Å². The molecule has 0 aliphatic carbocycles. The lowest BCUT2D eigenvalue weighted by atomic mass is 9.97. The molecule has 35 heavy (non-hydrogen) atoms. The van der Waals surface area contributed by atoms with Gasteiger partial charge in [0.25, 0.3) is 0 Å². The maximum atomic E-state index is 16.0. The second-order valence-corrected chi connectivity index (χ2v) is 9.69. The summed E-state index contributed by atoms with van der Waals surface area (Å²) in [6.45, 7) is 3.29. The molecule has 5 heterocycles. The van der Waals surface area contributed by atoms with Crippen molar-refractivity contribution in [2.75, 3.05) is 13.1 Å². The highest BCUT2D eigenvalue weighted by molar-refractivity contribution is 6.00. The summed E-state index contributed by atoms with van der Waals surface area (Å²) in [7, 11) is 1.96. The number of fused-ring (bicyclic) bond motifs is 2. The van der Waals surface area contributed by atoms with Crippen LogP contribution in [0.4, 0.5) is 4.39 Å². The molecule has 1 atom stereocenters. The fraction of sp³-hybridized carbons (Fsp3) is 0.423. The van der Waals surface area contributed by atoms with Gasteiger partial charge >= 0.3 is 0 Å². The summed E-state index contributed by atoms with van der Waals surface area (Å²) in [6, 6.07) is 7.13. The summed E-state index contributed by atoms with van der Waals surface area (Å²) in [4.78, 5) is 36.9. The first-order valence-corrected chi connectivity index (χ1v) is 12.2. The lowest BCUT2D eigenvalue weighted by Crippen LogP contribution is -2.52. The van der Waals surface area contributed by atoms with E-state index in [1.807, 2.05) is 29.9 Å². The van der Waals surface area contributed by atoms with Crippen molar-refractivity contribution in [2.24, 2.45) is 7.05 Å². The van der Waals surface area contributed by atoms with Crippen molar-refractivity contribution in [3.63, 3.8) is 0 Å². The van der Waals surface area contributed by atoms with Crippen LogP contribution in [0, 0.1) is 5.82 Å². The summed E-state index contributed by atoms with van der Waals surface area (Å²) in [6.07, 6.45) is 5.01. The van der Waals surface area contributed by atoms with Crippen LogP contribution in [0.3, 0.4) is 0 Å². The molecule has 1 aromatic carbocycles. The Bertz CT molecular complexity index is 1330. The SMILES string of the molecule is Cn1ccc2c(CN3CCCC3)cc(-c3ccc4c(c3F)CN(C3CCC(=O)NC3=O)OC4)nc21. The van der Waals surface area contributed by atoms with Crippen LogP contribution in [0.1, 0.15) is 42.4 Å². The predicted molar refractivity (Wildman–Crippen MR) is 127 cm³/mol. The average molecular weight is 478 g/mol. The van der Waals surface area contributed by atoms with Gasteiger partial charge in [-0.05, 0) is 61.7 Å². The van der Waals surface area contributed by atoms with Crippen molar-refractivity contribution in [1.82, 2.24) is 24.8 Å². The number of rotatable bonds is 4. The number of imide groups is 1. The van der Waals surface area contributed by atoms with E-state index in [0.29, 0.717) is 23.2 Å². The molecule has 2 saturated heterocycles. The molecule has 1 N–H and O–H groups in total. The van der Waals surface area contributed by atoms with Gasteiger partial charge in [-0.25, -0.2) is 9.37 Å². The van der Waals surface area contributed by atoms with Crippen LogP contribution in [0.2, 0.25) is 0 Å². The molecule has 9 heteroatoms. The van der Waals surface area contributed by atoms with Crippen LogP contribution >= 0.6 is 0 Å². The van der Waals surface area contributed by atoms with Crippen molar-refractivity contribution >= 4 is 22.8 Å². The maximum Gasteiger partial charge on any atom is 0.246 e. The number of hydroxylamine groups is 2. The minimum atomic E-state index is -0.617. The van der Waals surface area contributed by atoms with E-state index in [9.17, 15) is 9.59 Å². The number of halogens is 1. The lowest BCUT2D eigenvalue weighted by molar-refractivity contribution is -0.216. The van der Waals surface area contributed by atoms with E-state index >= 15 is 4.39 Å². The Morgan fingerprint density at radius 2 is 2.03 bits per heavy atom. The number of carbonyl (C=O) groups is 2. The van der Waals surface area contributed by atoms with E-state index in [1.54, 1.807) is 6.07 Å². The minimum absolute atomic E-state index is 0.133. The van der Waals surface area contributed by atoms with Gasteiger partial charge in [0.15, 0.2) is 0 Å². The van der Waals surface area contributed by atoms with Crippen molar-refractivity contribution in [3.8, 4) is 11.3 Å². The Balaban J connectivity index is 1.36. The van der Waals surface area contributed by atoms with Crippen LogP contribution in [-0.4, -0.2) is 50.5 Å². The zero-order chi connectivity index (χ0) is 24.1. The summed E-state index contributed by atoms with van der Waals surface area (Å²) in [5.41, 5.74) is 4.30. The number of carbonyl (C=O) groups excluding carboxylic acids is 2. The summed E-state index contributed by atoms with van der Waals surface area (Å²) in [5, 5.41) is 4.95. The lowest BCUT2D eigenvalue weighted by Gasteiger charge is -2.35. The number of aryl methyl sites for hydroxylation is 1. The van der Waals surface area contributed by atoms with Crippen molar-refractivity contribution in [2.45, 2.75) is 51.4 Å². The first-order chi connectivity index (χ1) is 17.0. The molecule has 3 aromatic rings. The van der Waals surface area contributed by atoms with Gasteiger partial charge in [-0.3, -0.25) is 24.6 Å². The molecule has 3 aliphatic rings. The number of nitrogens with one attached hydrogen (secondary N) is 1. The third-order valence-electron chi connectivity index (χ3n) is 7.39. The third kappa shape index (κ3) is 4.03. The zero-order valence-corrected chi connectivity index (χ0v) is 19.7. The number of likely N-dealkylation sites (tertiary alicyclic amines) is 1. The highest BCUT2D eigenvalue weighted by Crippen LogP contribution is 2.34. The summed E-state index contributed by atoms with van der Waals surface area (Å²) < 4.78 is 18.0. The fourth-order valence-electron chi connectivity index (χ4n) is 5.43. The number of pyridine rings is 1. The van der Waals surface area contributed by atoms with Crippen LogP contribution < -0.4 is 5.32 Å². The van der Waals surface area contributed by atoms with Gasteiger partial charge in [-0.1, -0.05) is 6.07 Å². The van der Waals surface area contributed by atoms with E-state index in [1.165, 1.54) is 17.9 Å². The summed E-state index contributed by atoms with van der Waals surface area (Å²) in [5.74, 6) is -1.02. The Labute approximate surface area is 202 Å². The number of nitrogens with zero attached hydrogens (tertiary/aromatic N) is 4. The Morgan fingerprint density at radius 1 is 1.20 bits per heavy atom. The van der Waals surface area contributed by atoms with Gasteiger partial charge in [0.1, 0.15) is 17.5 Å². The standard InChI is InChI=1S/C26H28FN5O3/c1-30-11-8-18-17(13-31-9-2-3-10-31)12-21(28-25(18)30)19-5-4-16-15-35-32(14-20(16)24(19)27)22-6-7-23(33)29-26(22)34/h4-5,8,11-12,22H,2-3,6-7,9-10,13-15H2,1H3,(H,29,33,34). The molecule has 0 radical (unpaired) electrons. The zero-order valence-electron chi connectivity index (χ0n) is 19.7. The fourth-order valence-corrected chi connectivity index (χ4v) is 5.43. The van der Waals surface area contributed by atoms with Gasteiger partial charge in [-0.2, -0.15) is 5.06 Å². The molecule has 0 bridgehead atoms. The minimum Gasteiger partial charge on any atom is -0.336 e.